The second-order valence-electron chi connectivity index (χ2n) is 3.02. The van der Waals surface area contributed by atoms with Crippen LogP contribution in [0.1, 0.15) is 6.92 Å². The summed E-state index contributed by atoms with van der Waals surface area (Å²) in [6.45, 7) is 1.89. The van der Waals surface area contributed by atoms with Crippen molar-refractivity contribution in [3.05, 3.63) is 17.7 Å². The zero-order chi connectivity index (χ0) is 12.9. The molecule has 0 spiro atoms. The molecule has 1 heterocycles. The van der Waals surface area contributed by atoms with E-state index in [9.17, 15) is 12.6 Å². The molecule has 0 radical (unpaired) electrons. The highest BCUT2D eigenvalue weighted by Crippen LogP contribution is 2.06. The van der Waals surface area contributed by atoms with Crippen LogP contribution in [0.2, 0.25) is 5.28 Å². The lowest BCUT2D eigenvalue weighted by atomic mass is 10.7. The van der Waals surface area contributed by atoms with Crippen LogP contribution < -0.4 is 4.72 Å². The Hall–Kier alpha value is -0.570. The van der Waals surface area contributed by atoms with E-state index in [1.165, 1.54) is 0 Å². The van der Waals surface area contributed by atoms with Crippen LogP contribution in [0.4, 0.5) is 0 Å². The molecule has 1 unspecified atom stereocenters. The van der Waals surface area contributed by atoms with Gasteiger partial charge in [-0.05, 0) is 11.6 Å². The van der Waals surface area contributed by atoms with Crippen molar-refractivity contribution >= 4 is 32.4 Å². The van der Waals surface area contributed by atoms with Gasteiger partial charge < -0.3 is 0 Å². The molecule has 0 amide bonds. The normalized spacial score (nSPS) is 13.5. The predicted octanol–water partition coefficient (Wildman–Crippen LogP) is 0.177. The predicted molar refractivity (Wildman–Crippen MR) is 65.8 cm³/mol. The van der Waals surface area contributed by atoms with Crippen molar-refractivity contribution in [2.24, 2.45) is 0 Å². The van der Waals surface area contributed by atoms with Gasteiger partial charge >= 0.3 is 0 Å². The van der Waals surface area contributed by atoms with E-state index in [2.05, 4.69) is 14.7 Å². The Morgan fingerprint density at radius 3 is 2.53 bits per heavy atom. The summed E-state index contributed by atoms with van der Waals surface area (Å²) in [7, 11) is -4.65. The lowest BCUT2D eigenvalue weighted by Crippen LogP contribution is -2.28. The Morgan fingerprint density at radius 2 is 2.00 bits per heavy atom. The van der Waals surface area contributed by atoms with E-state index in [4.69, 9.17) is 11.6 Å². The minimum atomic E-state index is -3.65. The first-order valence-corrected chi connectivity index (χ1v) is 8.13. The van der Waals surface area contributed by atoms with Crippen LogP contribution in [0.15, 0.2) is 17.3 Å². The largest absolute Gasteiger partial charge is 0.260 e. The van der Waals surface area contributed by atoms with E-state index < -0.39 is 20.8 Å². The first kappa shape index (κ1) is 14.5. The Kier molecular flexibility index (Phi) is 5.44. The molecule has 0 aromatic carbocycles. The van der Waals surface area contributed by atoms with Crippen LogP contribution in [0, 0.1) is 0 Å². The number of hydrogen-bond acceptors (Lipinski definition) is 5. The van der Waals surface area contributed by atoms with Gasteiger partial charge in [0, 0.05) is 28.9 Å². The van der Waals surface area contributed by atoms with E-state index in [0.29, 0.717) is 5.75 Å². The van der Waals surface area contributed by atoms with Crippen molar-refractivity contribution in [1.82, 2.24) is 14.7 Å². The summed E-state index contributed by atoms with van der Waals surface area (Å²) in [5.74, 6) is 0.788. The smallest absolute Gasteiger partial charge is 0.243 e. The van der Waals surface area contributed by atoms with Gasteiger partial charge in [0.1, 0.15) is 4.90 Å². The molecule has 6 nitrogen and oxygen atoms in total. The van der Waals surface area contributed by atoms with Gasteiger partial charge in [0.05, 0.1) is 12.4 Å². The van der Waals surface area contributed by atoms with E-state index in [0.717, 1.165) is 12.4 Å². The summed E-state index contributed by atoms with van der Waals surface area (Å²) >= 11 is 5.45. The average molecular weight is 298 g/mol. The monoisotopic (exact) mass is 297 g/mol. The molecule has 96 valence electrons. The van der Waals surface area contributed by atoms with Crippen molar-refractivity contribution in [1.29, 1.82) is 0 Å². The number of sulfonamides is 1. The molecule has 0 saturated carbocycles. The van der Waals surface area contributed by atoms with Gasteiger partial charge in [-0.1, -0.05) is 6.92 Å². The van der Waals surface area contributed by atoms with Crippen molar-refractivity contribution in [2.45, 2.75) is 11.8 Å². The third kappa shape index (κ3) is 4.66. The molecule has 1 N–H and O–H groups in total. The third-order valence-electron chi connectivity index (χ3n) is 1.85. The molecule has 9 heteroatoms. The molecule has 1 aromatic rings. The molecule has 1 aromatic heterocycles. The van der Waals surface area contributed by atoms with E-state index in [1.807, 2.05) is 0 Å². The van der Waals surface area contributed by atoms with E-state index in [-0.39, 0.29) is 22.5 Å². The van der Waals surface area contributed by atoms with Crippen LogP contribution in [0.5, 0.6) is 0 Å². The Labute approximate surface area is 107 Å². The molecule has 1 rings (SSSR count). The molecule has 0 aliphatic rings. The molecule has 0 aliphatic carbocycles. The topological polar surface area (TPSA) is 89.0 Å². The van der Waals surface area contributed by atoms with Crippen molar-refractivity contribution in [3.8, 4) is 0 Å². The second kappa shape index (κ2) is 6.39. The first-order chi connectivity index (χ1) is 7.95. The maximum Gasteiger partial charge on any atom is 0.243 e. The number of nitrogens with zero attached hydrogens (tertiary/aromatic N) is 2. The van der Waals surface area contributed by atoms with Gasteiger partial charge in [0.2, 0.25) is 15.3 Å². The fraction of sp³-hybridized carbons (Fsp3) is 0.500. The molecule has 0 fully saturated rings. The van der Waals surface area contributed by atoms with Crippen LogP contribution in [0.3, 0.4) is 0 Å². The number of nitrogens with one attached hydrogen (secondary N) is 1. The Morgan fingerprint density at radius 1 is 1.41 bits per heavy atom. The van der Waals surface area contributed by atoms with Crippen LogP contribution in [-0.2, 0) is 20.8 Å². The minimum absolute atomic E-state index is 0.0176. The maximum atomic E-state index is 11.7. The molecule has 1 atom stereocenters. The zero-order valence-electron chi connectivity index (χ0n) is 9.09. The molecular weight excluding hydrogens is 286 g/mol. The molecule has 17 heavy (non-hydrogen) atoms. The summed E-state index contributed by atoms with van der Waals surface area (Å²) in [6, 6.07) is 0. The van der Waals surface area contributed by atoms with Crippen LogP contribution >= 0.6 is 11.6 Å². The molecule has 0 saturated heterocycles. The van der Waals surface area contributed by atoms with Gasteiger partial charge in [-0.3, -0.25) is 4.21 Å². The summed E-state index contributed by atoms with van der Waals surface area (Å²) < 4.78 is 36.8. The molecular formula is C8H12ClN3O3S2. The highest BCUT2D eigenvalue weighted by molar-refractivity contribution is 7.89. The number of rotatable bonds is 6. The highest BCUT2D eigenvalue weighted by atomic mass is 35.5. The second-order valence-corrected chi connectivity index (χ2v) is 6.99. The van der Waals surface area contributed by atoms with Crippen molar-refractivity contribution in [3.63, 3.8) is 0 Å². The summed E-state index contributed by atoms with van der Waals surface area (Å²) in [5.41, 5.74) is 0. The standard InChI is InChI=1S/C8H12ClN3O3S2/c1-2-16(13)4-3-12-17(14,15)7-5-10-8(9)11-6-7/h5-6,12H,2-4H2,1H3. The lowest BCUT2D eigenvalue weighted by molar-refractivity contribution is 0.583. The molecule has 0 aliphatic heterocycles. The van der Waals surface area contributed by atoms with Crippen molar-refractivity contribution < 1.29 is 12.6 Å². The molecule has 0 bridgehead atoms. The van der Waals surface area contributed by atoms with Gasteiger partial charge in [-0.15, -0.1) is 0 Å². The van der Waals surface area contributed by atoms with Gasteiger partial charge in [0.15, 0.2) is 0 Å². The Balaban J connectivity index is 2.63. The summed E-state index contributed by atoms with van der Waals surface area (Å²) in [6.07, 6.45) is 2.24. The van der Waals surface area contributed by atoms with E-state index in [1.54, 1.807) is 6.92 Å². The third-order valence-corrected chi connectivity index (χ3v) is 4.76. The highest BCUT2D eigenvalue weighted by Gasteiger charge is 2.14. The quantitative estimate of drug-likeness (QED) is 0.757. The van der Waals surface area contributed by atoms with Gasteiger partial charge in [-0.25, -0.2) is 23.1 Å². The van der Waals surface area contributed by atoms with E-state index >= 15 is 0 Å². The van der Waals surface area contributed by atoms with Crippen LogP contribution in [-0.4, -0.2) is 40.6 Å². The summed E-state index contributed by atoms with van der Waals surface area (Å²) in [5, 5.41) is -0.0176. The number of aromatic nitrogens is 2. The first-order valence-electron chi connectivity index (χ1n) is 4.78. The summed E-state index contributed by atoms with van der Waals surface area (Å²) in [4.78, 5) is 7.09. The maximum absolute atomic E-state index is 11.7. The fourth-order valence-electron chi connectivity index (χ4n) is 0.957. The fourth-order valence-corrected chi connectivity index (χ4v) is 2.72. The average Bonchev–Trinajstić information content (AvgIpc) is 2.29. The minimum Gasteiger partial charge on any atom is -0.260 e. The van der Waals surface area contributed by atoms with Crippen molar-refractivity contribution in [2.75, 3.05) is 18.1 Å². The van der Waals surface area contributed by atoms with Gasteiger partial charge in [0.25, 0.3) is 0 Å². The van der Waals surface area contributed by atoms with Crippen LogP contribution in [0.25, 0.3) is 0 Å². The SMILES string of the molecule is CCS(=O)CCNS(=O)(=O)c1cnc(Cl)nc1. The zero-order valence-corrected chi connectivity index (χ0v) is 11.5. The Bertz CT molecular complexity index is 489. The van der Waals surface area contributed by atoms with Gasteiger partial charge in [-0.2, -0.15) is 0 Å². The number of hydrogen-bond donors (Lipinski definition) is 1. The lowest BCUT2D eigenvalue weighted by Gasteiger charge is -2.05. The number of halogens is 1.